The number of nitrogens with zero attached hydrogens (tertiary/aromatic N) is 3. The highest BCUT2D eigenvalue weighted by Gasteiger charge is 2.18. The summed E-state index contributed by atoms with van der Waals surface area (Å²) in [7, 11) is 0. The molecule has 3 aromatic heterocycles. The maximum absolute atomic E-state index is 4.91. The molecule has 0 aliphatic heterocycles. The highest BCUT2D eigenvalue weighted by molar-refractivity contribution is 6.19. The van der Waals surface area contributed by atoms with Crippen LogP contribution >= 0.6 is 0 Å². The first-order chi connectivity index (χ1) is 12.2. The third-order valence-electron chi connectivity index (χ3n) is 5.13. The topological polar surface area (TPSA) is 30.2 Å². The van der Waals surface area contributed by atoms with Gasteiger partial charge in [0, 0.05) is 22.4 Å². The second-order valence-electron chi connectivity index (χ2n) is 7.03. The van der Waals surface area contributed by atoms with Gasteiger partial charge in [-0.2, -0.15) is 5.10 Å². The molecular formula is C22H19N3. The molecule has 0 radical (unpaired) electrons. The first-order valence-electron chi connectivity index (χ1n) is 8.74. The summed E-state index contributed by atoms with van der Waals surface area (Å²) in [5.41, 5.74) is 6.89. The van der Waals surface area contributed by atoms with Crippen molar-refractivity contribution in [1.29, 1.82) is 0 Å². The molecule has 0 unspecified atom stereocenters. The van der Waals surface area contributed by atoms with Gasteiger partial charge in [0.05, 0.1) is 22.1 Å². The highest BCUT2D eigenvalue weighted by Crippen LogP contribution is 2.37. The average Bonchev–Trinajstić information content (AvgIpc) is 3.00. The molecule has 3 heteroatoms. The molecule has 2 aromatic carbocycles. The number of benzene rings is 2. The Bertz CT molecular complexity index is 1280. The average molecular weight is 325 g/mol. The van der Waals surface area contributed by atoms with E-state index in [0.29, 0.717) is 5.92 Å². The molecule has 122 valence electrons. The Kier molecular flexibility index (Phi) is 2.90. The van der Waals surface area contributed by atoms with E-state index >= 15 is 0 Å². The Hall–Kier alpha value is -2.94. The Morgan fingerprint density at radius 3 is 2.52 bits per heavy atom. The zero-order chi connectivity index (χ0) is 17.1. The van der Waals surface area contributed by atoms with E-state index in [1.807, 2.05) is 12.3 Å². The van der Waals surface area contributed by atoms with Gasteiger partial charge in [-0.05, 0) is 36.1 Å². The van der Waals surface area contributed by atoms with E-state index in [1.165, 1.54) is 32.8 Å². The lowest BCUT2D eigenvalue weighted by atomic mass is 9.94. The van der Waals surface area contributed by atoms with Gasteiger partial charge >= 0.3 is 0 Å². The third kappa shape index (κ3) is 1.86. The second kappa shape index (κ2) is 5.03. The number of aryl methyl sites for hydroxylation is 1. The lowest BCUT2D eigenvalue weighted by molar-refractivity contribution is 0.876. The zero-order valence-corrected chi connectivity index (χ0v) is 14.6. The summed E-state index contributed by atoms with van der Waals surface area (Å²) in [4.78, 5) is 4.77. The molecule has 3 nitrogen and oxygen atoms in total. The molecule has 0 bridgehead atoms. The van der Waals surface area contributed by atoms with Crippen LogP contribution in [-0.2, 0) is 0 Å². The fourth-order valence-electron chi connectivity index (χ4n) is 3.97. The lowest BCUT2D eigenvalue weighted by Gasteiger charge is -2.15. The van der Waals surface area contributed by atoms with Crippen LogP contribution in [0.5, 0.6) is 0 Å². The molecule has 0 spiro atoms. The molecule has 0 aliphatic carbocycles. The van der Waals surface area contributed by atoms with Gasteiger partial charge < -0.3 is 0 Å². The predicted molar refractivity (Wildman–Crippen MR) is 104 cm³/mol. The Morgan fingerprint density at radius 1 is 0.880 bits per heavy atom. The van der Waals surface area contributed by atoms with Crippen LogP contribution in [0.25, 0.3) is 38.2 Å². The van der Waals surface area contributed by atoms with E-state index in [1.54, 1.807) is 0 Å². The minimum absolute atomic E-state index is 0.436. The number of hydrogen-bond donors (Lipinski definition) is 0. The summed E-state index contributed by atoms with van der Waals surface area (Å²) in [6.45, 7) is 6.63. The fraction of sp³-hybridized carbons (Fsp3) is 0.182. The number of pyridine rings is 2. The van der Waals surface area contributed by atoms with Crippen molar-refractivity contribution >= 4 is 38.2 Å². The molecule has 3 heterocycles. The van der Waals surface area contributed by atoms with Gasteiger partial charge in [0.1, 0.15) is 0 Å². The van der Waals surface area contributed by atoms with Gasteiger partial charge in [-0.1, -0.05) is 50.2 Å². The molecular weight excluding hydrogens is 306 g/mol. The number of hydrogen-bond acceptors (Lipinski definition) is 2. The zero-order valence-electron chi connectivity index (χ0n) is 14.6. The summed E-state index contributed by atoms with van der Waals surface area (Å²) in [6.07, 6.45) is 1.91. The molecule has 0 saturated carbocycles. The molecule has 5 aromatic rings. The summed E-state index contributed by atoms with van der Waals surface area (Å²) >= 11 is 0. The van der Waals surface area contributed by atoms with Gasteiger partial charge in [0.25, 0.3) is 0 Å². The number of rotatable bonds is 1. The molecule has 0 N–H and O–H groups in total. The van der Waals surface area contributed by atoms with E-state index in [4.69, 9.17) is 10.1 Å². The Morgan fingerprint density at radius 2 is 1.68 bits per heavy atom. The van der Waals surface area contributed by atoms with Crippen molar-refractivity contribution in [3.05, 3.63) is 65.9 Å². The van der Waals surface area contributed by atoms with E-state index in [2.05, 4.69) is 67.8 Å². The van der Waals surface area contributed by atoms with E-state index in [-0.39, 0.29) is 0 Å². The Labute approximate surface area is 145 Å². The van der Waals surface area contributed by atoms with E-state index in [9.17, 15) is 0 Å². The highest BCUT2D eigenvalue weighted by atomic mass is 15.2. The maximum Gasteiger partial charge on any atom is 0.0971 e. The van der Waals surface area contributed by atoms with Crippen LogP contribution in [0.3, 0.4) is 0 Å². The molecule has 0 fully saturated rings. The van der Waals surface area contributed by atoms with Crippen molar-refractivity contribution in [2.24, 2.45) is 0 Å². The van der Waals surface area contributed by atoms with Crippen LogP contribution in [0.15, 0.2) is 54.7 Å². The number of aromatic nitrogens is 3. The summed E-state index contributed by atoms with van der Waals surface area (Å²) in [5.74, 6) is 0.436. The molecule has 25 heavy (non-hydrogen) atoms. The van der Waals surface area contributed by atoms with Crippen molar-refractivity contribution < 1.29 is 0 Å². The third-order valence-corrected chi connectivity index (χ3v) is 5.13. The first-order valence-corrected chi connectivity index (χ1v) is 8.74. The van der Waals surface area contributed by atoms with Gasteiger partial charge in [-0.25, -0.2) is 4.52 Å². The van der Waals surface area contributed by atoms with Crippen LogP contribution in [0.2, 0.25) is 0 Å². The smallest absolute Gasteiger partial charge is 0.0971 e. The minimum atomic E-state index is 0.436. The van der Waals surface area contributed by atoms with Crippen LogP contribution < -0.4 is 0 Å². The molecule has 0 atom stereocenters. The standard InChI is InChI=1S/C22H19N3/c1-13(2)15-8-6-9-17-19(15)20-21(14(3)11-12-23-20)25-22(17)16-7-4-5-10-18(16)24-25/h4-13H,1-3H3. The van der Waals surface area contributed by atoms with Gasteiger partial charge in [-0.15, -0.1) is 0 Å². The molecule has 0 amide bonds. The summed E-state index contributed by atoms with van der Waals surface area (Å²) in [5, 5.41) is 8.58. The van der Waals surface area contributed by atoms with Crippen molar-refractivity contribution in [1.82, 2.24) is 14.6 Å². The second-order valence-corrected chi connectivity index (χ2v) is 7.03. The van der Waals surface area contributed by atoms with Gasteiger partial charge in [0.2, 0.25) is 0 Å². The largest absolute Gasteiger partial charge is 0.254 e. The van der Waals surface area contributed by atoms with Crippen LogP contribution in [0.4, 0.5) is 0 Å². The first kappa shape index (κ1) is 14.4. The SMILES string of the molecule is Cc1ccnc2c3c(C(C)C)cccc3c3c4ccccc4nn3c12. The molecule has 0 aliphatic rings. The Balaban J connectivity index is 2.22. The summed E-state index contributed by atoms with van der Waals surface area (Å²) < 4.78 is 2.09. The van der Waals surface area contributed by atoms with E-state index in [0.717, 1.165) is 16.6 Å². The molecule has 5 rings (SSSR count). The van der Waals surface area contributed by atoms with Gasteiger partial charge in [0.15, 0.2) is 0 Å². The van der Waals surface area contributed by atoms with Crippen LogP contribution in [-0.4, -0.2) is 14.6 Å². The fourth-order valence-corrected chi connectivity index (χ4v) is 3.97. The number of fused-ring (bicyclic) bond motifs is 8. The monoisotopic (exact) mass is 325 g/mol. The summed E-state index contributed by atoms with van der Waals surface area (Å²) in [6, 6.07) is 17.0. The van der Waals surface area contributed by atoms with Crippen molar-refractivity contribution in [3.63, 3.8) is 0 Å². The van der Waals surface area contributed by atoms with Crippen LogP contribution in [0, 0.1) is 6.92 Å². The van der Waals surface area contributed by atoms with Crippen molar-refractivity contribution in [2.45, 2.75) is 26.7 Å². The quantitative estimate of drug-likeness (QED) is 0.374. The van der Waals surface area contributed by atoms with Gasteiger partial charge in [-0.3, -0.25) is 4.98 Å². The van der Waals surface area contributed by atoms with Crippen LogP contribution in [0.1, 0.15) is 30.9 Å². The van der Waals surface area contributed by atoms with Crippen molar-refractivity contribution in [3.8, 4) is 0 Å². The normalized spacial score (nSPS) is 12.2. The molecule has 0 saturated heterocycles. The van der Waals surface area contributed by atoms with Crippen molar-refractivity contribution in [2.75, 3.05) is 0 Å². The maximum atomic E-state index is 4.91. The predicted octanol–water partition coefficient (Wildman–Crippen LogP) is 5.62. The lowest BCUT2D eigenvalue weighted by Crippen LogP contribution is -1.99. The minimum Gasteiger partial charge on any atom is -0.254 e. The van der Waals surface area contributed by atoms with E-state index < -0.39 is 0 Å².